The number of aromatic nitrogens is 1. The molecule has 1 saturated heterocycles. The van der Waals surface area contributed by atoms with E-state index in [1.165, 1.54) is 6.26 Å². The largest absolute Gasteiger partial charge is 0.447 e. The molecule has 1 fully saturated rings. The van der Waals surface area contributed by atoms with E-state index in [9.17, 15) is 9.90 Å². The number of carbonyl (C=O) groups is 1. The number of rotatable bonds is 10. The SMILES string of the molecule is C=CCCC(O)CN1CCN(Cc2nc(C(=O)N(C)CCC)co2)CC1. The van der Waals surface area contributed by atoms with Gasteiger partial charge in [0.2, 0.25) is 5.89 Å². The van der Waals surface area contributed by atoms with E-state index in [2.05, 4.69) is 21.4 Å². The number of aliphatic hydroxyl groups is 1. The second-order valence-corrected chi connectivity index (χ2v) is 6.95. The Morgan fingerprint density at radius 1 is 1.42 bits per heavy atom. The van der Waals surface area contributed by atoms with Crippen LogP contribution in [0.15, 0.2) is 23.3 Å². The molecule has 1 amide bonds. The maximum absolute atomic E-state index is 12.2. The van der Waals surface area contributed by atoms with Gasteiger partial charge in [-0.15, -0.1) is 6.58 Å². The predicted molar refractivity (Wildman–Crippen MR) is 101 cm³/mol. The Kier molecular flexibility index (Phi) is 8.28. The number of aliphatic hydroxyl groups excluding tert-OH is 1. The molecule has 1 N–H and O–H groups in total. The quantitative estimate of drug-likeness (QED) is 0.636. The third-order valence-corrected chi connectivity index (χ3v) is 4.67. The minimum Gasteiger partial charge on any atom is -0.447 e. The van der Waals surface area contributed by atoms with Crippen LogP contribution in [0, 0.1) is 0 Å². The van der Waals surface area contributed by atoms with Gasteiger partial charge in [0.05, 0.1) is 12.6 Å². The number of β-amino-alcohol motifs (C(OH)–C–C–N with tert-alkyl or cyclic N) is 1. The Morgan fingerprint density at radius 2 is 2.12 bits per heavy atom. The topological polar surface area (TPSA) is 73.1 Å². The molecule has 0 radical (unpaired) electrons. The van der Waals surface area contributed by atoms with Gasteiger partial charge in [-0.05, 0) is 19.3 Å². The van der Waals surface area contributed by atoms with Gasteiger partial charge in [-0.3, -0.25) is 14.6 Å². The van der Waals surface area contributed by atoms with Crippen LogP contribution in [0.4, 0.5) is 0 Å². The predicted octanol–water partition coefficient (Wildman–Crippen LogP) is 1.60. The van der Waals surface area contributed by atoms with Gasteiger partial charge in [0.1, 0.15) is 6.26 Å². The molecule has 2 heterocycles. The number of amides is 1. The molecule has 0 bridgehead atoms. The normalized spacial score (nSPS) is 17.2. The summed E-state index contributed by atoms with van der Waals surface area (Å²) in [6.07, 6.45) is 5.54. The van der Waals surface area contributed by atoms with Crippen LogP contribution in [0.2, 0.25) is 0 Å². The lowest BCUT2D eigenvalue weighted by atomic mass is 10.1. The lowest BCUT2D eigenvalue weighted by Gasteiger charge is -2.34. The summed E-state index contributed by atoms with van der Waals surface area (Å²) < 4.78 is 5.49. The van der Waals surface area contributed by atoms with Crippen molar-refractivity contribution in [1.29, 1.82) is 0 Å². The lowest BCUT2D eigenvalue weighted by Crippen LogP contribution is -2.48. The number of hydrogen-bond donors (Lipinski definition) is 1. The van der Waals surface area contributed by atoms with Crippen LogP contribution in [-0.2, 0) is 6.54 Å². The Bertz CT molecular complexity index is 567. The zero-order valence-corrected chi connectivity index (χ0v) is 16.1. The fraction of sp³-hybridized carbons (Fsp3) is 0.684. The molecule has 1 aliphatic rings. The molecular formula is C19H32N4O3. The van der Waals surface area contributed by atoms with E-state index in [1.807, 2.05) is 13.0 Å². The highest BCUT2D eigenvalue weighted by Gasteiger charge is 2.21. The molecule has 1 aromatic heterocycles. The first-order valence-corrected chi connectivity index (χ1v) is 9.47. The number of carbonyl (C=O) groups excluding carboxylic acids is 1. The van der Waals surface area contributed by atoms with Crippen molar-refractivity contribution in [2.75, 3.05) is 46.3 Å². The number of allylic oxidation sites excluding steroid dienone is 1. The van der Waals surface area contributed by atoms with Crippen LogP contribution < -0.4 is 0 Å². The summed E-state index contributed by atoms with van der Waals surface area (Å²) in [6, 6.07) is 0. The van der Waals surface area contributed by atoms with E-state index in [0.29, 0.717) is 31.2 Å². The number of oxazole rings is 1. The summed E-state index contributed by atoms with van der Waals surface area (Å²) in [5.74, 6) is 0.484. The van der Waals surface area contributed by atoms with Crippen molar-refractivity contribution in [3.63, 3.8) is 0 Å². The summed E-state index contributed by atoms with van der Waals surface area (Å²) in [5, 5.41) is 10.0. The van der Waals surface area contributed by atoms with E-state index in [-0.39, 0.29) is 12.0 Å². The maximum Gasteiger partial charge on any atom is 0.275 e. The Morgan fingerprint density at radius 3 is 2.77 bits per heavy atom. The zero-order valence-electron chi connectivity index (χ0n) is 16.1. The zero-order chi connectivity index (χ0) is 18.9. The van der Waals surface area contributed by atoms with Crippen molar-refractivity contribution in [1.82, 2.24) is 19.7 Å². The summed E-state index contributed by atoms with van der Waals surface area (Å²) in [7, 11) is 1.78. The van der Waals surface area contributed by atoms with Gasteiger partial charge in [0.25, 0.3) is 5.91 Å². The molecule has 7 nitrogen and oxygen atoms in total. The third kappa shape index (κ3) is 6.23. The second kappa shape index (κ2) is 10.4. The molecule has 1 aliphatic heterocycles. The molecule has 1 unspecified atom stereocenters. The van der Waals surface area contributed by atoms with Crippen LogP contribution in [-0.4, -0.2) is 83.1 Å². The number of nitrogens with zero attached hydrogens (tertiary/aromatic N) is 4. The molecule has 0 aliphatic carbocycles. The molecule has 0 saturated carbocycles. The molecule has 0 spiro atoms. The number of piperazine rings is 1. The number of hydrogen-bond acceptors (Lipinski definition) is 6. The Hall–Kier alpha value is -1.70. The first-order chi connectivity index (χ1) is 12.5. The van der Waals surface area contributed by atoms with Gasteiger partial charge in [-0.25, -0.2) is 4.98 Å². The van der Waals surface area contributed by atoms with Gasteiger partial charge in [0.15, 0.2) is 5.69 Å². The molecule has 26 heavy (non-hydrogen) atoms. The first kappa shape index (κ1) is 20.6. The molecular weight excluding hydrogens is 332 g/mol. The van der Waals surface area contributed by atoms with Gasteiger partial charge in [-0.1, -0.05) is 13.0 Å². The van der Waals surface area contributed by atoms with E-state index >= 15 is 0 Å². The third-order valence-electron chi connectivity index (χ3n) is 4.67. The molecule has 7 heteroatoms. The molecule has 1 aromatic rings. The van der Waals surface area contributed by atoms with Crippen LogP contribution in [0.25, 0.3) is 0 Å². The fourth-order valence-corrected chi connectivity index (χ4v) is 3.14. The van der Waals surface area contributed by atoms with Crippen molar-refractivity contribution < 1.29 is 14.3 Å². The van der Waals surface area contributed by atoms with E-state index in [4.69, 9.17) is 4.42 Å². The van der Waals surface area contributed by atoms with Crippen molar-refractivity contribution in [3.8, 4) is 0 Å². The van der Waals surface area contributed by atoms with Crippen LogP contribution in [0.1, 0.15) is 42.6 Å². The van der Waals surface area contributed by atoms with Gasteiger partial charge in [0, 0.05) is 46.3 Å². The second-order valence-electron chi connectivity index (χ2n) is 6.95. The highest BCUT2D eigenvalue weighted by atomic mass is 16.3. The lowest BCUT2D eigenvalue weighted by molar-refractivity contribution is 0.0642. The van der Waals surface area contributed by atoms with Crippen LogP contribution >= 0.6 is 0 Å². The average molecular weight is 364 g/mol. The maximum atomic E-state index is 12.2. The van der Waals surface area contributed by atoms with E-state index in [0.717, 1.165) is 45.4 Å². The van der Waals surface area contributed by atoms with Crippen LogP contribution in [0.5, 0.6) is 0 Å². The summed E-state index contributed by atoms with van der Waals surface area (Å²) in [6.45, 7) is 11.4. The average Bonchev–Trinajstić information content (AvgIpc) is 3.09. The monoisotopic (exact) mass is 364 g/mol. The van der Waals surface area contributed by atoms with Gasteiger partial charge < -0.3 is 14.4 Å². The minimum atomic E-state index is -0.292. The highest BCUT2D eigenvalue weighted by molar-refractivity contribution is 5.91. The molecule has 0 aromatic carbocycles. The highest BCUT2D eigenvalue weighted by Crippen LogP contribution is 2.11. The van der Waals surface area contributed by atoms with Crippen molar-refractivity contribution in [2.45, 2.75) is 38.8 Å². The molecule has 146 valence electrons. The van der Waals surface area contributed by atoms with E-state index in [1.54, 1.807) is 11.9 Å². The van der Waals surface area contributed by atoms with Crippen LogP contribution in [0.3, 0.4) is 0 Å². The smallest absolute Gasteiger partial charge is 0.275 e. The Balaban J connectivity index is 1.76. The van der Waals surface area contributed by atoms with Crippen molar-refractivity contribution >= 4 is 5.91 Å². The molecule has 2 rings (SSSR count). The van der Waals surface area contributed by atoms with Gasteiger partial charge >= 0.3 is 0 Å². The van der Waals surface area contributed by atoms with Gasteiger partial charge in [-0.2, -0.15) is 0 Å². The minimum absolute atomic E-state index is 0.0971. The van der Waals surface area contributed by atoms with E-state index < -0.39 is 0 Å². The Labute approximate surface area is 156 Å². The molecule has 1 atom stereocenters. The van der Waals surface area contributed by atoms with Crippen molar-refractivity contribution in [3.05, 3.63) is 30.5 Å². The van der Waals surface area contributed by atoms with Crippen molar-refractivity contribution in [2.24, 2.45) is 0 Å². The summed E-state index contributed by atoms with van der Waals surface area (Å²) in [5.41, 5.74) is 0.375. The summed E-state index contributed by atoms with van der Waals surface area (Å²) >= 11 is 0. The fourth-order valence-electron chi connectivity index (χ4n) is 3.14. The first-order valence-electron chi connectivity index (χ1n) is 9.47. The standard InChI is InChI=1S/C19H32N4O3/c1-4-6-7-16(24)13-22-9-11-23(12-10-22)14-18-20-17(15-26-18)19(25)21(3)8-5-2/h4,15-16,24H,1,5-14H2,2-3H3. The summed E-state index contributed by atoms with van der Waals surface area (Å²) in [4.78, 5) is 22.8.